The van der Waals surface area contributed by atoms with Gasteiger partial charge in [0.2, 0.25) is 0 Å². The summed E-state index contributed by atoms with van der Waals surface area (Å²) < 4.78 is 1.53. The standard InChI is InChI=1S/C24H25N3OS/c1-24(2,3)17-11-12-19-20(13-17)29-22-21(19)23(28)27(26-25-22)14-16-9-6-8-15-7-4-5-10-18(15)16/h4-10,17H,11-14H2,1-3H3/t17-/m1/s1. The van der Waals surface area contributed by atoms with Crippen LogP contribution in [0.1, 0.15) is 43.2 Å². The fourth-order valence-corrected chi connectivity index (χ4v) is 5.80. The molecule has 0 saturated carbocycles. The lowest BCUT2D eigenvalue weighted by Gasteiger charge is -2.33. The predicted octanol–water partition coefficient (Wildman–Crippen LogP) is 5.21. The molecule has 0 amide bonds. The van der Waals surface area contributed by atoms with Crippen molar-refractivity contribution in [3.8, 4) is 0 Å². The molecular formula is C24H25N3OS. The molecule has 0 saturated heterocycles. The smallest absolute Gasteiger partial charge is 0.267 e. The number of hydrogen-bond donors (Lipinski definition) is 0. The van der Waals surface area contributed by atoms with Gasteiger partial charge >= 0.3 is 0 Å². The molecule has 1 atom stereocenters. The highest BCUT2D eigenvalue weighted by Gasteiger charge is 2.31. The number of aryl methyl sites for hydroxylation is 1. The lowest BCUT2D eigenvalue weighted by atomic mass is 9.72. The van der Waals surface area contributed by atoms with Crippen molar-refractivity contribution in [3.63, 3.8) is 0 Å². The Morgan fingerprint density at radius 1 is 1.14 bits per heavy atom. The van der Waals surface area contributed by atoms with E-state index in [1.165, 1.54) is 20.5 Å². The maximum atomic E-state index is 13.3. The van der Waals surface area contributed by atoms with Crippen molar-refractivity contribution in [2.24, 2.45) is 11.3 Å². The van der Waals surface area contributed by atoms with E-state index in [0.29, 0.717) is 12.5 Å². The molecular weight excluding hydrogens is 378 g/mol. The van der Waals surface area contributed by atoms with Crippen molar-refractivity contribution >= 4 is 32.3 Å². The average molecular weight is 404 g/mol. The van der Waals surface area contributed by atoms with E-state index in [1.807, 2.05) is 18.2 Å². The Kier molecular flexibility index (Phi) is 4.32. The number of hydrogen-bond acceptors (Lipinski definition) is 4. The van der Waals surface area contributed by atoms with Gasteiger partial charge < -0.3 is 0 Å². The summed E-state index contributed by atoms with van der Waals surface area (Å²) in [6, 6.07) is 14.5. The summed E-state index contributed by atoms with van der Waals surface area (Å²) in [7, 11) is 0. The zero-order valence-electron chi connectivity index (χ0n) is 17.1. The molecule has 0 radical (unpaired) electrons. The van der Waals surface area contributed by atoms with Gasteiger partial charge in [-0.3, -0.25) is 4.79 Å². The number of thiophene rings is 1. The van der Waals surface area contributed by atoms with Crippen LogP contribution in [-0.2, 0) is 19.4 Å². The van der Waals surface area contributed by atoms with Crippen LogP contribution in [0, 0.1) is 11.3 Å². The second-order valence-electron chi connectivity index (χ2n) is 9.18. The second-order valence-corrected chi connectivity index (χ2v) is 10.3. The third-order valence-corrected chi connectivity index (χ3v) is 7.50. The quantitative estimate of drug-likeness (QED) is 0.462. The van der Waals surface area contributed by atoms with E-state index < -0.39 is 0 Å². The van der Waals surface area contributed by atoms with E-state index in [0.717, 1.165) is 40.4 Å². The summed E-state index contributed by atoms with van der Waals surface area (Å²) in [4.78, 5) is 15.5. The molecule has 0 fully saturated rings. The molecule has 0 unspecified atom stereocenters. The SMILES string of the molecule is CC(C)(C)[C@@H]1CCc2c(sc3nnn(Cc4cccc5ccccc45)c(=O)c23)C1. The second kappa shape index (κ2) is 6.77. The van der Waals surface area contributed by atoms with Gasteiger partial charge in [-0.25, -0.2) is 4.68 Å². The van der Waals surface area contributed by atoms with Gasteiger partial charge in [0.05, 0.1) is 11.9 Å². The molecule has 0 spiro atoms. The lowest BCUT2D eigenvalue weighted by molar-refractivity contribution is 0.218. The Labute approximate surface area is 174 Å². The minimum absolute atomic E-state index is 0.00496. The maximum Gasteiger partial charge on any atom is 0.279 e. The topological polar surface area (TPSA) is 47.8 Å². The number of fused-ring (bicyclic) bond motifs is 4. The van der Waals surface area contributed by atoms with Crippen molar-refractivity contribution in [2.75, 3.05) is 0 Å². The van der Waals surface area contributed by atoms with Gasteiger partial charge in [-0.1, -0.05) is 68.4 Å². The number of aromatic nitrogens is 3. The van der Waals surface area contributed by atoms with Crippen molar-refractivity contribution < 1.29 is 0 Å². The van der Waals surface area contributed by atoms with Crippen LogP contribution in [0.3, 0.4) is 0 Å². The Bertz CT molecular complexity index is 1270. The van der Waals surface area contributed by atoms with Crippen LogP contribution in [0.15, 0.2) is 47.3 Å². The maximum absolute atomic E-state index is 13.3. The summed E-state index contributed by atoms with van der Waals surface area (Å²) >= 11 is 1.66. The van der Waals surface area contributed by atoms with Crippen molar-refractivity contribution in [2.45, 2.75) is 46.6 Å². The normalized spacial score (nSPS) is 17.0. The third-order valence-electron chi connectivity index (χ3n) is 6.36. The zero-order valence-corrected chi connectivity index (χ0v) is 17.9. The van der Waals surface area contributed by atoms with Crippen molar-refractivity contribution in [1.82, 2.24) is 15.0 Å². The third kappa shape index (κ3) is 3.18. The van der Waals surface area contributed by atoms with Crippen LogP contribution >= 0.6 is 11.3 Å². The van der Waals surface area contributed by atoms with Crippen LogP contribution in [0.5, 0.6) is 0 Å². The summed E-state index contributed by atoms with van der Waals surface area (Å²) in [6.45, 7) is 7.38. The fourth-order valence-electron chi connectivity index (χ4n) is 4.56. The molecule has 0 aliphatic heterocycles. The van der Waals surface area contributed by atoms with Crippen LogP contribution in [0.4, 0.5) is 0 Å². The first-order valence-corrected chi connectivity index (χ1v) is 11.1. The Morgan fingerprint density at radius 3 is 2.76 bits per heavy atom. The van der Waals surface area contributed by atoms with Gasteiger partial charge in [0, 0.05) is 4.88 Å². The monoisotopic (exact) mass is 403 g/mol. The molecule has 1 aliphatic carbocycles. The molecule has 29 heavy (non-hydrogen) atoms. The molecule has 4 nitrogen and oxygen atoms in total. The molecule has 1 aliphatic rings. The fraction of sp³-hybridized carbons (Fsp3) is 0.375. The largest absolute Gasteiger partial charge is 0.279 e. The highest BCUT2D eigenvalue weighted by atomic mass is 32.1. The van der Waals surface area contributed by atoms with E-state index in [1.54, 1.807) is 11.3 Å². The Balaban J connectivity index is 1.57. The van der Waals surface area contributed by atoms with Gasteiger partial charge in [-0.05, 0) is 52.5 Å². The van der Waals surface area contributed by atoms with Crippen LogP contribution in [0.25, 0.3) is 21.0 Å². The summed E-state index contributed by atoms with van der Waals surface area (Å²) in [5.41, 5.74) is 2.59. The molecule has 0 bridgehead atoms. The van der Waals surface area contributed by atoms with Gasteiger partial charge in [0.1, 0.15) is 0 Å². The Morgan fingerprint density at radius 2 is 1.93 bits per heavy atom. The zero-order chi connectivity index (χ0) is 20.2. The first kappa shape index (κ1) is 18.5. The average Bonchev–Trinajstić information content (AvgIpc) is 3.08. The van der Waals surface area contributed by atoms with E-state index in [9.17, 15) is 4.79 Å². The first-order chi connectivity index (χ1) is 13.9. The number of nitrogens with zero attached hydrogens (tertiary/aromatic N) is 3. The molecule has 0 N–H and O–H groups in total. The van der Waals surface area contributed by atoms with Crippen molar-refractivity contribution in [3.05, 3.63) is 68.8 Å². The van der Waals surface area contributed by atoms with Crippen LogP contribution in [0.2, 0.25) is 0 Å². The molecule has 4 aromatic rings. The summed E-state index contributed by atoms with van der Waals surface area (Å²) in [5, 5.41) is 11.9. The lowest BCUT2D eigenvalue weighted by Crippen LogP contribution is -2.28. The minimum Gasteiger partial charge on any atom is -0.267 e. The summed E-state index contributed by atoms with van der Waals surface area (Å²) in [6.07, 6.45) is 3.14. The van der Waals surface area contributed by atoms with E-state index in [4.69, 9.17) is 0 Å². The molecule has 5 heteroatoms. The molecule has 5 rings (SSSR count). The first-order valence-electron chi connectivity index (χ1n) is 10.3. The Hall–Kier alpha value is -2.53. The van der Waals surface area contributed by atoms with Crippen LogP contribution < -0.4 is 5.56 Å². The van der Waals surface area contributed by atoms with Gasteiger partial charge in [-0.15, -0.1) is 16.4 Å². The minimum atomic E-state index is -0.00496. The van der Waals surface area contributed by atoms with Crippen LogP contribution in [-0.4, -0.2) is 15.0 Å². The molecule has 2 heterocycles. The van der Waals surface area contributed by atoms with Gasteiger partial charge in [0.25, 0.3) is 5.56 Å². The number of rotatable bonds is 2. The van der Waals surface area contributed by atoms with Crippen molar-refractivity contribution in [1.29, 1.82) is 0 Å². The summed E-state index contributed by atoms with van der Waals surface area (Å²) in [5.74, 6) is 0.647. The molecule has 2 aromatic heterocycles. The van der Waals surface area contributed by atoms with E-state index in [-0.39, 0.29) is 11.0 Å². The number of benzene rings is 2. The highest BCUT2D eigenvalue weighted by Crippen LogP contribution is 2.41. The van der Waals surface area contributed by atoms with Gasteiger partial charge in [-0.2, -0.15) is 0 Å². The molecule has 2 aromatic carbocycles. The van der Waals surface area contributed by atoms with E-state index >= 15 is 0 Å². The molecule has 148 valence electrons. The highest BCUT2D eigenvalue weighted by molar-refractivity contribution is 7.18. The predicted molar refractivity (Wildman–Crippen MR) is 120 cm³/mol. The van der Waals surface area contributed by atoms with E-state index in [2.05, 4.69) is 55.3 Å². The van der Waals surface area contributed by atoms with Gasteiger partial charge in [0.15, 0.2) is 4.83 Å².